The second kappa shape index (κ2) is 4.45. The molecule has 0 bridgehead atoms. The standard InChI is InChI=1S/C6H2ClF3N2O4S/c7-17(15,16)6-4(12(13)14)3(5(9)10)2(8)1-11-6/h1,5H. The molecule has 0 aliphatic heterocycles. The van der Waals surface area contributed by atoms with Crippen LogP contribution in [0.15, 0.2) is 11.2 Å². The summed E-state index contributed by atoms with van der Waals surface area (Å²) in [7, 11) is 0.0429. The van der Waals surface area contributed by atoms with E-state index < -0.39 is 42.5 Å². The van der Waals surface area contributed by atoms with Crippen molar-refractivity contribution < 1.29 is 26.5 Å². The van der Waals surface area contributed by atoms with Crippen molar-refractivity contribution in [1.29, 1.82) is 0 Å². The summed E-state index contributed by atoms with van der Waals surface area (Å²) in [5.41, 5.74) is -3.32. The molecule has 94 valence electrons. The third kappa shape index (κ3) is 2.64. The zero-order valence-corrected chi connectivity index (χ0v) is 9.17. The predicted octanol–water partition coefficient (Wildman–Crippen LogP) is 1.99. The predicted molar refractivity (Wildman–Crippen MR) is 48.8 cm³/mol. The Kier molecular flexibility index (Phi) is 3.57. The fraction of sp³-hybridized carbons (Fsp3) is 0.167. The summed E-state index contributed by atoms with van der Waals surface area (Å²) in [4.78, 5) is 11.9. The molecule has 0 aliphatic carbocycles. The molecule has 1 heterocycles. The highest BCUT2D eigenvalue weighted by Crippen LogP contribution is 2.35. The van der Waals surface area contributed by atoms with Gasteiger partial charge in [0, 0.05) is 10.7 Å². The van der Waals surface area contributed by atoms with Crippen LogP contribution >= 0.6 is 10.7 Å². The largest absolute Gasteiger partial charge is 0.319 e. The average molecular weight is 291 g/mol. The van der Waals surface area contributed by atoms with E-state index in [9.17, 15) is 31.7 Å². The maximum Gasteiger partial charge on any atom is 0.319 e. The summed E-state index contributed by atoms with van der Waals surface area (Å²) in [6.45, 7) is 0. The van der Waals surface area contributed by atoms with Crippen molar-refractivity contribution in [3.05, 3.63) is 27.7 Å². The van der Waals surface area contributed by atoms with E-state index in [1.165, 1.54) is 0 Å². The zero-order chi connectivity index (χ0) is 13.4. The number of pyridine rings is 1. The van der Waals surface area contributed by atoms with Crippen LogP contribution in [0.4, 0.5) is 18.9 Å². The lowest BCUT2D eigenvalue weighted by Gasteiger charge is -2.05. The average Bonchev–Trinajstić information content (AvgIpc) is 2.14. The van der Waals surface area contributed by atoms with Crippen molar-refractivity contribution in [3.63, 3.8) is 0 Å². The van der Waals surface area contributed by atoms with E-state index in [0.717, 1.165) is 0 Å². The minimum Gasteiger partial charge on any atom is -0.258 e. The first-order valence-electron chi connectivity index (χ1n) is 3.72. The van der Waals surface area contributed by atoms with Gasteiger partial charge < -0.3 is 0 Å². The van der Waals surface area contributed by atoms with Crippen LogP contribution in [0.2, 0.25) is 0 Å². The van der Waals surface area contributed by atoms with Gasteiger partial charge in [-0.2, -0.15) is 0 Å². The highest BCUT2D eigenvalue weighted by molar-refractivity contribution is 8.13. The summed E-state index contributed by atoms with van der Waals surface area (Å²) in [5.74, 6) is -1.68. The van der Waals surface area contributed by atoms with Crippen LogP contribution in [-0.2, 0) is 9.05 Å². The number of rotatable bonds is 3. The summed E-state index contributed by atoms with van der Waals surface area (Å²) < 4.78 is 59.5. The van der Waals surface area contributed by atoms with Gasteiger partial charge in [-0.25, -0.2) is 26.6 Å². The van der Waals surface area contributed by atoms with Crippen LogP contribution in [-0.4, -0.2) is 18.3 Å². The molecular weight excluding hydrogens is 289 g/mol. The maximum atomic E-state index is 12.9. The third-order valence-electron chi connectivity index (χ3n) is 1.64. The van der Waals surface area contributed by atoms with E-state index in [-0.39, 0.29) is 6.20 Å². The van der Waals surface area contributed by atoms with E-state index in [1.54, 1.807) is 0 Å². The lowest BCUT2D eigenvalue weighted by molar-refractivity contribution is -0.390. The molecule has 17 heavy (non-hydrogen) atoms. The first-order chi connectivity index (χ1) is 7.66. The fourth-order valence-electron chi connectivity index (χ4n) is 1.04. The van der Waals surface area contributed by atoms with Gasteiger partial charge in [0.15, 0.2) is 5.82 Å². The molecule has 0 unspecified atom stereocenters. The van der Waals surface area contributed by atoms with Gasteiger partial charge in [-0.1, -0.05) is 0 Å². The Balaban J connectivity index is 3.78. The lowest BCUT2D eigenvalue weighted by atomic mass is 10.2. The first-order valence-corrected chi connectivity index (χ1v) is 6.02. The molecule has 0 spiro atoms. The molecular formula is C6H2ClF3N2O4S. The number of hydrogen-bond donors (Lipinski definition) is 0. The van der Waals surface area contributed by atoms with Crippen molar-refractivity contribution >= 4 is 25.4 Å². The van der Waals surface area contributed by atoms with Crippen LogP contribution in [0.3, 0.4) is 0 Å². The topological polar surface area (TPSA) is 90.2 Å². The highest BCUT2D eigenvalue weighted by Gasteiger charge is 2.36. The van der Waals surface area contributed by atoms with Gasteiger partial charge in [-0.05, 0) is 0 Å². The quantitative estimate of drug-likeness (QED) is 0.482. The minimum absolute atomic E-state index is 0.129. The number of nitrogens with zero attached hydrogens (tertiary/aromatic N) is 2. The Morgan fingerprint density at radius 1 is 1.47 bits per heavy atom. The van der Waals surface area contributed by atoms with Crippen molar-refractivity contribution in [2.75, 3.05) is 0 Å². The van der Waals surface area contributed by atoms with Crippen LogP contribution in [0.1, 0.15) is 12.0 Å². The van der Waals surface area contributed by atoms with Crippen molar-refractivity contribution in [1.82, 2.24) is 4.98 Å². The maximum absolute atomic E-state index is 12.9. The molecule has 0 saturated carbocycles. The molecule has 0 fully saturated rings. The van der Waals surface area contributed by atoms with E-state index in [4.69, 9.17) is 10.7 Å². The SMILES string of the molecule is O=[N+]([O-])c1c(S(=O)(=O)Cl)ncc(F)c1C(F)F. The van der Waals surface area contributed by atoms with Gasteiger partial charge in [0.1, 0.15) is 5.56 Å². The Labute approximate surface area is 96.6 Å². The van der Waals surface area contributed by atoms with Gasteiger partial charge >= 0.3 is 5.69 Å². The van der Waals surface area contributed by atoms with Crippen LogP contribution in [0.25, 0.3) is 0 Å². The second-order valence-corrected chi connectivity index (χ2v) is 5.15. The first kappa shape index (κ1) is 13.6. The van der Waals surface area contributed by atoms with Gasteiger partial charge in [-0.15, -0.1) is 0 Å². The number of halogens is 4. The molecule has 0 aliphatic rings. The summed E-state index contributed by atoms with van der Waals surface area (Å²) in [6.07, 6.45) is -3.44. The number of hydrogen-bond acceptors (Lipinski definition) is 5. The number of nitro groups is 1. The van der Waals surface area contributed by atoms with Crippen molar-refractivity contribution in [3.8, 4) is 0 Å². The number of alkyl halides is 2. The monoisotopic (exact) mass is 290 g/mol. The Bertz CT molecular complexity index is 577. The van der Waals surface area contributed by atoms with E-state index >= 15 is 0 Å². The van der Waals surface area contributed by atoms with Crippen molar-refractivity contribution in [2.45, 2.75) is 11.5 Å². The van der Waals surface area contributed by atoms with E-state index in [2.05, 4.69) is 4.98 Å². The highest BCUT2D eigenvalue weighted by atomic mass is 35.7. The third-order valence-corrected chi connectivity index (χ3v) is 2.84. The normalized spacial score (nSPS) is 11.8. The smallest absolute Gasteiger partial charge is 0.258 e. The second-order valence-electron chi connectivity index (χ2n) is 2.67. The molecule has 1 aromatic rings. The zero-order valence-electron chi connectivity index (χ0n) is 7.60. The Morgan fingerprint density at radius 3 is 2.35 bits per heavy atom. The van der Waals surface area contributed by atoms with E-state index in [0.29, 0.717) is 0 Å². The minimum atomic E-state index is -4.73. The Hall–Kier alpha value is -1.42. The molecule has 0 radical (unpaired) electrons. The van der Waals surface area contributed by atoms with Gasteiger partial charge in [0.2, 0.25) is 5.03 Å². The summed E-state index contributed by atoms with van der Waals surface area (Å²) >= 11 is 0. The summed E-state index contributed by atoms with van der Waals surface area (Å²) in [6, 6.07) is 0. The molecule has 0 amide bonds. The molecule has 1 rings (SSSR count). The van der Waals surface area contributed by atoms with E-state index in [1.807, 2.05) is 0 Å². The molecule has 0 N–H and O–H groups in total. The van der Waals surface area contributed by atoms with Gasteiger partial charge in [-0.3, -0.25) is 10.1 Å². The van der Waals surface area contributed by atoms with Gasteiger partial charge in [0.05, 0.1) is 11.1 Å². The fourth-order valence-corrected chi connectivity index (χ4v) is 1.97. The van der Waals surface area contributed by atoms with Crippen molar-refractivity contribution in [2.24, 2.45) is 0 Å². The molecule has 11 heteroatoms. The molecule has 0 aromatic carbocycles. The molecule has 0 atom stereocenters. The van der Waals surface area contributed by atoms with Gasteiger partial charge in [0.25, 0.3) is 15.5 Å². The molecule has 6 nitrogen and oxygen atoms in total. The van der Waals surface area contributed by atoms with Crippen LogP contribution in [0.5, 0.6) is 0 Å². The summed E-state index contributed by atoms with van der Waals surface area (Å²) in [5, 5.41) is 9.07. The molecule has 0 saturated heterocycles. The van der Waals surface area contributed by atoms with Crippen LogP contribution in [0, 0.1) is 15.9 Å². The molecule has 1 aromatic heterocycles. The lowest BCUT2D eigenvalue weighted by Crippen LogP contribution is -2.08. The number of aromatic nitrogens is 1. The Morgan fingerprint density at radius 2 is 2.00 bits per heavy atom. The van der Waals surface area contributed by atoms with Crippen LogP contribution < -0.4 is 0 Å².